The number of ether oxygens (including phenoxy) is 1. The molecular formula is C25H27FN4O2S. The van der Waals surface area contributed by atoms with Crippen molar-refractivity contribution >= 4 is 23.4 Å². The second kappa shape index (κ2) is 9.47. The number of carbonyl (C=O) groups is 1. The zero-order chi connectivity index (χ0) is 23.7. The highest BCUT2D eigenvalue weighted by molar-refractivity contribution is 7.99. The van der Waals surface area contributed by atoms with Crippen molar-refractivity contribution in [3.05, 3.63) is 58.9 Å². The SMILES string of the molecule is CCC(=O)N1c2c(C)cc(C)cc2-c2nnc(SCC(C)C)nc2OC1c1cccc(F)c1. The van der Waals surface area contributed by atoms with Crippen LogP contribution in [0.25, 0.3) is 11.3 Å². The molecule has 0 aliphatic carbocycles. The summed E-state index contributed by atoms with van der Waals surface area (Å²) in [7, 11) is 0. The summed E-state index contributed by atoms with van der Waals surface area (Å²) in [5.41, 5.74) is 4.31. The summed E-state index contributed by atoms with van der Waals surface area (Å²) < 4.78 is 20.6. The quantitative estimate of drug-likeness (QED) is 0.438. The highest BCUT2D eigenvalue weighted by Crippen LogP contribution is 2.45. The molecule has 1 amide bonds. The molecule has 0 fully saturated rings. The number of fused-ring (bicyclic) bond motifs is 3. The summed E-state index contributed by atoms with van der Waals surface area (Å²) >= 11 is 1.50. The van der Waals surface area contributed by atoms with Crippen molar-refractivity contribution in [3.63, 3.8) is 0 Å². The first-order valence-corrected chi connectivity index (χ1v) is 12.0. The van der Waals surface area contributed by atoms with Gasteiger partial charge in [-0.05, 0) is 43.5 Å². The van der Waals surface area contributed by atoms with E-state index in [9.17, 15) is 9.18 Å². The number of hydrogen-bond acceptors (Lipinski definition) is 6. The second-order valence-corrected chi connectivity index (χ2v) is 9.56. The molecular weight excluding hydrogens is 439 g/mol. The van der Waals surface area contributed by atoms with Crippen molar-refractivity contribution in [2.24, 2.45) is 5.92 Å². The van der Waals surface area contributed by atoms with Gasteiger partial charge in [-0.15, -0.1) is 10.2 Å². The van der Waals surface area contributed by atoms with E-state index in [-0.39, 0.29) is 18.2 Å². The van der Waals surface area contributed by atoms with Crippen LogP contribution < -0.4 is 9.64 Å². The maximum absolute atomic E-state index is 14.2. The molecule has 0 spiro atoms. The van der Waals surface area contributed by atoms with Gasteiger partial charge in [0.2, 0.25) is 23.2 Å². The molecule has 1 aromatic heterocycles. The molecule has 0 radical (unpaired) electrons. The van der Waals surface area contributed by atoms with Crippen molar-refractivity contribution in [1.29, 1.82) is 0 Å². The molecule has 2 heterocycles. The Morgan fingerprint density at radius 3 is 2.70 bits per heavy atom. The molecule has 0 saturated heterocycles. The predicted octanol–water partition coefficient (Wildman–Crippen LogP) is 5.88. The Hall–Kier alpha value is -3.00. The summed E-state index contributed by atoms with van der Waals surface area (Å²) in [5, 5.41) is 9.30. The van der Waals surface area contributed by atoms with Crippen LogP contribution in [0.4, 0.5) is 10.1 Å². The van der Waals surface area contributed by atoms with E-state index >= 15 is 0 Å². The van der Waals surface area contributed by atoms with Crippen LogP contribution in [-0.2, 0) is 4.79 Å². The van der Waals surface area contributed by atoms with E-state index in [2.05, 4.69) is 29.0 Å². The minimum Gasteiger partial charge on any atom is -0.447 e. The molecule has 0 saturated carbocycles. The normalized spacial score (nSPS) is 15.0. The van der Waals surface area contributed by atoms with E-state index in [1.54, 1.807) is 24.0 Å². The smallest absolute Gasteiger partial charge is 0.247 e. The lowest BCUT2D eigenvalue weighted by molar-refractivity contribution is -0.120. The molecule has 2 aromatic carbocycles. The Bertz CT molecular complexity index is 1200. The van der Waals surface area contributed by atoms with Crippen molar-refractivity contribution in [1.82, 2.24) is 15.2 Å². The first kappa shape index (κ1) is 23.2. The Morgan fingerprint density at radius 1 is 1.21 bits per heavy atom. The first-order valence-electron chi connectivity index (χ1n) is 11.0. The molecule has 3 aromatic rings. The van der Waals surface area contributed by atoms with Gasteiger partial charge in [0.15, 0.2) is 5.69 Å². The van der Waals surface area contributed by atoms with Gasteiger partial charge in [-0.2, -0.15) is 4.98 Å². The number of thioether (sulfide) groups is 1. The average molecular weight is 467 g/mol. The number of benzene rings is 2. The van der Waals surface area contributed by atoms with E-state index in [0.29, 0.717) is 28.0 Å². The van der Waals surface area contributed by atoms with Crippen molar-refractivity contribution < 1.29 is 13.9 Å². The van der Waals surface area contributed by atoms with E-state index in [0.717, 1.165) is 22.4 Å². The third kappa shape index (κ3) is 4.71. The van der Waals surface area contributed by atoms with E-state index in [4.69, 9.17) is 4.74 Å². The highest BCUT2D eigenvalue weighted by atomic mass is 32.2. The van der Waals surface area contributed by atoms with Crippen LogP contribution in [0, 0.1) is 25.6 Å². The number of nitrogens with zero attached hydrogens (tertiary/aromatic N) is 4. The number of halogens is 1. The Morgan fingerprint density at radius 2 is 2.00 bits per heavy atom. The van der Waals surface area contributed by atoms with Crippen LogP contribution in [-0.4, -0.2) is 26.8 Å². The summed E-state index contributed by atoms with van der Waals surface area (Å²) in [4.78, 5) is 19.5. The molecule has 33 heavy (non-hydrogen) atoms. The lowest BCUT2D eigenvalue weighted by Crippen LogP contribution is -2.37. The van der Waals surface area contributed by atoms with Gasteiger partial charge >= 0.3 is 0 Å². The Labute approximate surface area is 197 Å². The molecule has 1 unspecified atom stereocenters. The maximum Gasteiger partial charge on any atom is 0.247 e. The van der Waals surface area contributed by atoms with Crippen molar-refractivity contribution in [2.45, 2.75) is 52.4 Å². The topological polar surface area (TPSA) is 68.2 Å². The fourth-order valence-corrected chi connectivity index (χ4v) is 4.62. The molecule has 6 nitrogen and oxygen atoms in total. The number of amides is 1. The van der Waals surface area contributed by atoms with Gasteiger partial charge in [-0.3, -0.25) is 9.69 Å². The monoisotopic (exact) mass is 466 g/mol. The fraction of sp³-hybridized carbons (Fsp3) is 0.360. The maximum atomic E-state index is 14.2. The van der Waals surface area contributed by atoms with Crippen LogP contribution in [0.5, 0.6) is 5.88 Å². The number of aryl methyl sites for hydroxylation is 2. The van der Waals surface area contributed by atoms with Gasteiger partial charge < -0.3 is 4.74 Å². The van der Waals surface area contributed by atoms with E-state index < -0.39 is 12.0 Å². The molecule has 4 rings (SSSR count). The third-order valence-corrected chi connectivity index (χ3v) is 6.55. The van der Waals surface area contributed by atoms with E-state index in [1.165, 1.54) is 23.9 Å². The minimum atomic E-state index is -0.894. The lowest BCUT2D eigenvalue weighted by atomic mass is 10.00. The summed E-state index contributed by atoms with van der Waals surface area (Å²) in [5.74, 6) is 1.03. The summed E-state index contributed by atoms with van der Waals surface area (Å²) in [6.07, 6.45) is -0.637. The summed E-state index contributed by atoms with van der Waals surface area (Å²) in [6, 6.07) is 10.1. The number of rotatable bonds is 5. The minimum absolute atomic E-state index is 0.146. The number of hydrogen-bond donors (Lipinski definition) is 0. The number of anilines is 1. The van der Waals surface area contributed by atoms with Gasteiger partial charge in [-0.25, -0.2) is 4.39 Å². The van der Waals surface area contributed by atoms with Gasteiger partial charge in [0, 0.05) is 23.3 Å². The van der Waals surface area contributed by atoms with Crippen molar-refractivity contribution in [2.75, 3.05) is 10.7 Å². The number of aromatic nitrogens is 3. The zero-order valence-electron chi connectivity index (χ0n) is 19.4. The molecule has 1 aliphatic heterocycles. The van der Waals surface area contributed by atoms with Crippen LogP contribution in [0.3, 0.4) is 0 Å². The van der Waals surface area contributed by atoms with Gasteiger partial charge in [0.05, 0.1) is 5.69 Å². The van der Waals surface area contributed by atoms with Gasteiger partial charge in [-0.1, -0.05) is 56.3 Å². The summed E-state index contributed by atoms with van der Waals surface area (Å²) in [6.45, 7) is 9.98. The molecule has 1 atom stereocenters. The largest absolute Gasteiger partial charge is 0.447 e. The number of carbonyl (C=O) groups excluding carboxylic acids is 1. The molecule has 0 N–H and O–H groups in total. The third-order valence-electron chi connectivity index (χ3n) is 5.28. The average Bonchev–Trinajstić information content (AvgIpc) is 2.91. The van der Waals surface area contributed by atoms with Crippen LogP contribution in [0.1, 0.15) is 50.1 Å². The second-order valence-electron chi connectivity index (χ2n) is 8.57. The Balaban J connectivity index is 1.96. The predicted molar refractivity (Wildman–Crippen MR) is 128 cm³/mol. The molecule has 172 valence electrons. The highest BCUT2D eigenvalue weighted by Gasteiger charge is 2.36. The lowest BCUT2D eigenvalue weighted by Gasteiger charge is -2.32. The Kier molecular flexibility index (Phi) is 6.65. The van der Waals surface area contributed by atoms with Crippen molar-refractivity contribution in [3.8, 4) is 17.1 Å². The molecule has 8 heteroatoms. The van der Waals surface area contributed by atoms with Gasteiger partial charge in [0.1, 0.15) is 5.82 Å². The fourth-order valence-electron chi connectivity index (χ4n) is 3.89. The van der Waals surface area contributed by atoms with Gasteiger partial charge in [0.25, 0.3) is 0 Å². The zero-order valence-corrected chi connectivity index (χ0v) is 20.2. The molecule has 1 aliphatic rings. The molecule has 0 bridgehead atoms. The van der Waals surface area contributed by atoms with Crippen LogP contribution >= 0.6 is 11.8 Å². The standard InChI is InChI=1S/C25H27FN4O2S/c1-6-20(31)30-22-16(5)10-15(4)11-19(22)21-23(27-25(29-28-21)33-13-14(2)3)32-24(30)17-8-7-9-18(26)12-17/h7-12,14,24H,6,13H2,1-5H3. The first-order chi connectivity index (χ1) is 15.8. The van der Waals surface area contributed by atoms with E-state index in [1.807, 2.05) is 26.0 Å². The van der Waals surface area contributed by atoms with Crippen LogP contribution in [0.2, 0.25) is 0 Å². The van der Waals surface area contributed by atoms with Crippen LogP contribution in [0.15, 0.2) is 41.6 Å².